The summed E-state index contributed by atoms with van der Waals surface area (Å²) in [5, 5.41) is 0. The van der Waals surface area contributed by atoms with E-state index in [2.05, 4.69) is 9.97 Å². The lowest BCUT2D eigenvalue weighted by atomic mass is 9.88. The van der Waals surface area contributed by atoms with Gasteiger partial charge in [0.2, 0.25) is 0 Å². The van der Waals surface area contributed by atoms with Crippen LogP contribution in [0.1, 0.15) is 62.0 Å². The fourth-order valence-corrected chi connectivity index (χ4v) is 5.10. The first kappa shape index (κ1) is 17.2. The molecule has 6 rings (SSSR count). The molecule has 3 heterocycles. The number of hydrogen-bond acceptors (Lipinski definition) is 5. The minimum atomic E-state index is -4.65. The summed E-state index contributed by atoms with van der Waals surface area (Å²) in [4.78, 5) is 25.9. The van der Waals surface area contributed by atoms with Crippen LogP contribution in [0.25, 0.3) is 17.2 Å². The number of fused-ring (bicyclic) bond motifs is 3. The first-order valence-corrected chi connectivity index (χ1v) is 9.92. The first-order valence-electron chi connectivity index (χ1n) is 9.92. The Balaban J connectivity index is 1.58. The van der Waals surface area contributed by atoms with Crippen LogP contribution in [-0.4, -0.2) is 24.1 Å². The van der Waals surface area contributed by atoms with Crippen molar-refractivity contribution in [1.29, 1.82) is 0 Å². The quantitative estimate of drug-likeness (QED) is 0.662. The van der Waals surface area contributed by atoms with Gasteiger partial charge in [0.05, 0.1) is 6.33 Å². The highest BCUT2D eigenvalue weighted by atomic mass is 19.4. The predicted molar refractivity (Wildman–Crippen MR) is 94.6 cm³/mol. The number of imidazole rings is 1. The van der Waals surface area contributed by atoms with Gasteiger partial charge in [-0.05, 0) is 43.9 Å². The van der Waals surface area contributed by atoms with Gasteiger partial charge >= 0.3 is 12.2 Å². The topological polar surface area (TPSA) is 78.7 Å². The Morgan fingerprint density at radius 2 is 1.93 bits per heavy atom. The Hall–Kier alpha value is -2.65. The Bertz CT molecular complexity index is 1170. The van der Waals surface area contributed by atoms with Crippen LogP contribution in [0.4, 0.5) is 13.2 Å². The van der Waals surface area contributed by atoms with Crippen LogP contribution in [0.2, 0.25) is 0 Å². The second-order valence-corrected chi connectivity index (χ2v) is 8.46. The zero-order chi connectivity index (χ0) is 19.9. The molecule has 0 radical (unpaired) electrons. The predicted octanol–water partition coefficient (Wildman–Crippen LogP) is 3.83. The molecule has 3 saturated carbocycles. The molecule has 3 aromatic heterocycles. The largest absolute Gasteiger partial charge is 0.436 e. The molecule has 0 amide bonds. The lowest BCUT2D eigenvalue weighted by Crippen LogP contribution is -2.28. The highest BCUT2D eigenvalue weighted by Crippen LogP contribution is 2.52. The van der Waals surface area contributed by atoms with E-state index in [0.29, 0.717) is 29.6 Å². The van der Waals surface area contributed by atoms with Gasteiger partial charge in [0.15, 0.2) is 16.9 Å². The molecule has 0 aliphatic heterocycles. The molecular formula is C19H18F3N5O2. The second-order valence-electron chi connectivity index (χ2n) is 8.46. The van der Waals surface area contributed by atoms with Crippen molar-refractivity contribution in [1.82, 2.24) is 24.1 Å². The van der Waals surface area contributed by atoms with E-state index in [1.54, 1.807) is 6.33 Å². The van der Waals surface area contributed by atoms with Crippen molar-refractivity contribution in [2.75, 3.05) is 0 Å². The lowest BCUT2D eigenvalue weighted by Gasteiger charge is -2.23. The highest BCUT2D eigenvalue weighted by molar-refractivity contribution is 5.70. The maximum atomic E-state index is 13.3. The molecule has 3 fully saturated rings. The molecule has 0 aromatic carbocycles. The summed E-state index contributed by atoms with van der Waals surface area (Å²) < 4.78 is 47.3. The summed E-state index contributed by atoms with van der Waals surface area (Å²) in [7, 11) is 0. The Kier molecular flexibility index (Phi) is 3.39. The maximum Gasteiger partial charge on any atom is 0.436 e. The van der Waals surface area contributed by atoms with Crippen molar-refractivity contribution in [2.24, 2.45) is 11.8 Å². The van der Waals surface area contributed by atoms with Gasteiger partial charge in [0.25, 0.3) is 5.56 Å². The standard InChI is InChI=1S/C19H18F3N5O2/c20-19(21,22)13-7-29-18(24-13)27-15(12-6-9-1-2-10(12)5-9)25-16-14(17(27)28)23-8-26(16)11-3-4-11/h7-12H,1-6H2. The summed E-state index contributed by atoms with van der Waals surface area (Å²) >= 11 is 0. The zero-order valence-corrected chi connectivity index (χ0v) is 15.4. The maximum absolute atomic E-state index is 13.3. The molecule has 3 unspecified atom stereocenters. The van der Waals surface area contributed by atoms with E-state index in [9.17, 15) is 18.0 Å². The van der Waals surface area contributed by atoms with E-state index in [1.807, 2.05) is 4.57 Å². The number of halogens is 3. The molecule has 3 aliphatic rings. The smallest absolute Gasteiger partial charge is 0.431 e. The average Bonchev–Trinajstić information content (AvgIpc) is 3.13. The van der Waals surface area contributed by atoms with E-state index in [-0.39, 0.29) is 17.5 Å². The van der Waals surface area contributed by atoms with Gasteiger partial charge in [0.1, 0.15) is 12.1 Å². The molecule has 29 heavy (non-hydrogen) atoms. The van der Waals surface area contributed by atoms with E-state index in [4.69, 9.17) is 9.40 Å². The molecule has 10 heteroatoms. The number of aromatic nitrogens is 5. The SMILES string of the molecule is O=c1c2ncn(C3CC3)c2nc(C2CC3CCC2C3)n1-c1nc(C(F)(F)F)co1. The van der Waals surface area contributed by atoms with Gasteiger partial charge in [-0.3, -0.25) is 4.79 Å². The molecule has 0 N–H and O–H groups in total. The van der Waals surface area contributed by atoms with Crippen molar-refractivity contribution in [3.05, 3.63) is 34.5 Å². The van der Waals surface area contributed by atoms with Crippen LogP contribution in [0, 0.1) is 11.8 Å². The second kappa shape index (κ2) is 5.70. The van der Waals surface area contributed by atoms with Gasteiger partial charge in [-0.15, -0.1) is 0 Å². The zero-order valence-electron chi connectivity index (χ0n) is 15.4. The van der Waals surface area contributed by atoms with Gasteiger partial charge < -0.3 is 8.98 Å². The van der Waals surface area contributed by atoms with Crippen molar-refractivity contribution in [3.8, 4) is 6.01 Å². The molecule has 3 atom stereocenters. The van der Waals surface area contributed by atoms with Gasteiger partial charge in [-0.2, -0.15) is 18.2 Å². The molecule has 2 bridgehead atoms. The number of hydrogen-bond donors (Lipinski definition) is 0. The van der Waals surface area contributed by atoms with E-state index < -0.39 is 23.4 Å². The molecule has 3 aliphatic carbocycles. The summed E-state index contributed by atoms with van der Waals surface area (Å²) in [6.45, 7) is 0. The molecule has 7 nitrogen and oxygen atoms in total. The number of alkyl halides is 3. The summed E-state index contributed by atoms with van der Waals surface area (Å²) in [5.41, 5.74) is -1.05. The van der Waals surface area contributed by atoms with Crippen LogP contribution in [0.15, 0.2) is 21.8 Å². The summed E-state index contributed by atoms with van der Waals surface area (Å²) in [6, 6.07) is -0.107. The van der Waals surface area contributed by atoms with E-state index in [1.165, 1.54) is 0 Å². The monoisotopic (exact) mass is 405 g/mol. The number of oxazole rings is 1. The number of rotatable bonds is 3. The van der Waals surface area contributed by atoms with Crippen LogP contribution >= 0.6 is 0 Å². The Morgan fingerprint density at radius 3 is 2.55 bits per heavy atom. The molecule has 152 valence electrons. The van der Waals surface area contributed by atoms with Gasteiger partial charge in [-0.1, -0.05) is 6.42 Å². The van der Waals surface area contributed by atoms with Crippen molar-refractivity contribution in [2.45, 2.75) is 56.7 Å². The van der Waals surface area contributed by atoms with Gasteiger partial charge in [0, 0.05) is 12.0 Å². The first-order chi connectivity index (χ1) is 13.9. The Labute approximate surface area is 162 Å². The van der Waals surface area contributed by atoms with Crippen LogP contribution in [-0.2, 0) is 6.18 Å². The van der Waals surface area contributed by atoms with Gasteiger partial charge in [-0.25, -0.2) is 14.5 Å². The normalized spacial score (nSPS) is 26.7. The fourth-order valence-electron chi connectivity index (χ4n) is 5.10. The molecular weight excluding hydrogens is 387 g/mol. The van der Waals surface area contributed by atoms with Crippen LogP contribution in [0.5, 0.6) is 0 Å². The third-order valence-electron chi connectivity index (χ3n) is 6.61. The van der Waals surface area contributed by atoms with E-state index >= 15 is 0 Å². The average molecular weight is 405 g/mol. The molecule has 0 saturated heterocycles. The third-order valence-corrected chi connectivity index (χ3v) is 6.61. The summed E-state index contributed by atoms with van der Waals surface area (Å²) in [6.07, 6.45) is 3.66. The minimum absolute atomic E-state index is 0.00893. The Morgan fingerprint density at radius 1 is 1.10 bits per heavy atom. The van der Waals surface area contributed by atoms with Crippen molar-refractivity contribution >= 4 is 11.2 Å². The summed E-state index contributed by atoms with van der Waals surface area (Å²) in [5.74, 6) is 1.42. The highest BCUT2D eigenvalue weighted by Gasteiger charge is 2.44. The third kappa shape index (κ3) is 2.57. The van der Waals surface area contributed by atoms with Crippen LogP contribution < -0.4 is 5.56 Å². The fraction of sp³-hybridized carbons (Fsp3) is 0.579. The minimum Gasteiger partial charge on any atom is -0.431 e. The van der Waals surface area contributed by atoms with Crippen molar-refractivity contribution in [3.63, 3.8) is 0 Å². The van der Waals surface area contributed by atoms with Crippen LogP contribution in [0.3, 0.4) is 0 Å². The van der Waals surface area contributed by atoms with E-state index in [0.717, 1.165) is 43.1 Å². The number of nitrogens with zero attached hydrogens (tertiary/aromatic N) is 5. The van der Waals surface area contributed by atoms with Crippen molar-refractivity contribution < 1.29 is 17.6 Å². The lowest BCUT2D eigenvalue weighted by molar-refractivity contribution is -0.141. The molecule has 0 spiro atoms. The molecule has 3 aromatic rings.